The van der Waals surface area contributed by atoms with Gasteiger partial charge in [0.05, 0.1) is 22.9 Å². The number of rotatable bonds is 15. The quantitative estimate of drug-likeness (QED) is 0.180. The van der Waals surface area contributed by atoms with Crippen LogP contribution < -0.4 is 0 Å². The molecule has 52 heavy (non-hydrogen) atoms. The van der Waals surface area contributed by atoms with Gasteiger partial charge in [-0.3, -0.25) is 14.4 Å². The van der Waals surface area contributed by atoms with Crippen molar-refractivity contribution in [1.29, 1.82) is 0 Å². The number of ether oxygens (including phenoxy) is 2. The zero-order chi connectivity index (χ0) is 41.7. The Morgan fingerprint density at radius 1 is 0.692 bits per heavy atom. The number of aliphatic carboxylic acids is 1. The first kappa shape index (κ1) is 53.8. The van der Waals surface area contributed by atoms with Gasteiger partial charge >= 0.3 is 24.1 Å². The van der Waals surface area contributed by atoms with Crippen molar-refractivity contribution in [2.45, 2.75) is 193 Å². The van der Waals surface area contributed by atoms with Gasteiger partial charge in [0, 0.05) is 0 Å². The Hall–Kier alpha value is -2.58. The van der Waals surface area contributed by atoms with Crippen LogP contribution >= 0.6 is 0 Å². The number of hydrogen-bond acceptors (Lipinski definition) is 5. The number of unbranched alkanes of at least 4 members (excludes halogenated alkanes) is 1. The normalized spacial score (nSPS) is 13.8. The van der Waals surface area contributed by atoms with E-state index < -0.39 is 35.0 Å². The summed E-state index contributed by atoms with van der Waals surface area (Å²) in [5.41, 5.74) is 1.42. The predicted molar refractivity (Wildman–Crippen MR) is 210 cm³/mol. The van der Waals surface area contributed by atoms with Gasteiger partial charge in [-0.15, -0.1) is 0 Å². The topological polar surface area (TPSA) is 89.9 Å². The van der Waals surface area contributed by atoms with Gasteiger partial charge in [-0.25, -0.2) is 0 Å². The van der Waals surface area contributed by atoms with Crippen molar-refractivity contribution in [3.05, 3.63) is 35.4 Å². The highest BCUT2D eigenvalue weighted by molar-refractivity contribution is 5.76. The summed E-state index contributed by atoms with van der Waals surface area (Å²) in [5, 5.41) is 8.44. The Kier molecular flexibility index (Phi) is 25.5. The van der Waals surface area contributed by atoms with Crippen molar-refractivity contribution >= 4 is 17.9 Å². The second kappa shape index (κ2) is 24.7. The molecule has 1 aromatic carbocycles. The number of carbonyl (C=O) groups excluding carboxylic acids is 2. The minimum atomic E-state index is -4.49. The van der Waals surface area contributed by atoms with Crippen LogP contribution in [-0.2, 0) is 29.3 Å². The van der Waals surface area contributed by atoms with E-state index in [0.29, 0.717) is 31.3 Å². The Morgan fingerprint density at radius 3 is 1.44 bits per heavy atom. The highest BCUT2D eigenvalue weighted by Crippen LogP contribution is 2.28. The van der Waals surface area contributed by atoms with E-state index in [2.05, 4.69) is 77.5 Å². The molecule has 0 fully saturated rings. The average Bonchev–Trinajstić information content (AvgIpc) is 3.07. The van der Waals surface area contributed by atoms with Crippen molar-refractivity contribution in [1.82, 2.24) is 0 Å². The molecule has 0 saturated carbocycles. The Morgan fingerprint density at radius 2 is 1.13 bits per heavy atom. The highest BCUT2D eigenvalue weighted by atomic mass is 19.4. The molecule has 3 unspecified atom stereocenters. The molecule has 0 amide bonds. The lowest BCUT2D eigenvalue weighted by molar-refractivity contribution is -0.221. The maximum atomic E-state index is 12.0. The molecule has 1 aromatic rings. The van der Waals surface area contributed by atoms with Crippen LogP contribution in [0.25, 0.3) is 0 Å². The molecule has 0 aliphatic carbocycles. The molecule has 0 aliphatic rings. The first-order valence-corrected chi connectivity index (χ1v) is 19.3. The molecule has 0 spiro atoms. The van der Waals surface area contributed by atoms with Crippen LogP contribution in [0.15, 0.2) is 24.3 Å². The molecule has 9 heteroatoms. The summed E-state index contributed by atoms with van der Waals surface area (Å²) in [5.74, 6) is -0.365. The summed E-state index contributed by atoms with van der Waals surface area (Å²) < 4.78 is 45.8. The van der Waals surface area contributed by atoms with Crippen molar-refractivity contribution in [3.8, 4) is 0 Å². The fourth-order valence-corrected chi connectivity index (χ4v) is 3.66. The van der Waals surface area contributed by atoms with Gasteiger partial charge in [0.2, 0.25) is 0 Å². The fourth-order valence-electron chi connectivity index (χ4n) is 3.66. The fraction of sp³-hybridized carbons (Fsp3) is 0.791. The summed E-state index contributed by atoms with van der Waals surface area (Å²) in [6, 6.07) is 9.08. The van der Waals surface area contributed by atoms with Crippen LogP contribution in [0.2, 0.25) is 0 Å². The third-order valence-corrected chi connectivity index (χ3v) is 10.0. The Balaban J connectivity index is -0.000000630. The second-order valence-corrected chi connectivity index (χ2v) is 16.8. The smallest absolute Gasteiger partial charge is 0.425 e. The van der Waals surface area contributed by atoms with Gasteiger partial charge in [0.15, 0.2) is 6.10 Å². The zero-order valence-electron chi connectivity index (χ0n) is 36.0. The first-order chi connectivity index (χ1) is 23.5. The standard InChI is InChI=1S/C14H28O2.C14H22.C9H15F3O2.C6H12O2/c1-6-9-10-12(7-2)11-16-13(15)14(4,5)8-3;1-6-11(2)12-7-9-13(10-8-12)14(3,4)5;1-5-8(3,4)7(13)14-6(2)9(10,11)12;1-4-6(2,3)5(7)8/h12H,6-11H2,1-5H3;7-11H,6H2,1-5H3;6H,5H2,1-4H3;4H2,1-3H3,(H,7,8). The lowest BCUT2D eigenvalue weighted by atomic mass is 9.85. The largest absolute Gasteiger partial charge is 0.481 e. The maximum Gasteiger partial charge on any atom is 0.425 e. The summed E-state index contributed by atoms with van der Waals surface area (Å²) in [6.45, 7) is 33.1. The molecule has 0 aliphatic heterocycles. The number of carbonyl (C=O) groups is 3. The van der Waals surface area contributed by atoms with Crippen LogP contribution in [0.4, 0.5) is 13.2 Å². The number of benzene rings is 1. The third kappa shape index (κ3) is 22.5. The van der Waals surface area contributed by atoms with Gasteiger partial charge in [-0.05, 0) is 109 Å². The minimum Gasteiger partial charge on any atom is -0.481 e. The van der Waals surface area contributed by atoms with E-state index in [0.717, 1.165) is 19.8 Å². The van der Waals surface area contributed by atoms with Gasteiger partial charge in [0.25, 0.3) is 0 Å². The van der Waals surface area contributed by atoms with E-state index in [9.17, 15) is 27.6 Å². The molecule has 3 atom stereocenters. The number of halogens is 3. The Labute approximate surface area is 316 Å². The molecule has 0 bridgehead atoms. The molecular formula is C43H77F3O6. The lowest BCUT2D eigenvalue weighted by Crippen LogP contribution is -2.36. The minimum absolute atomic E-state index is 0.0510. The lowest BCUT2D eigenvalue weighted by Gasteiger charge is -2.24. The summed E-state index contributed by atoms with van der Waals surface area (Å²) in [4.78, 5) is 33.3. The number of hydrogen-bond donors (Lipinski definition) is 1. The summed E-state index contributed by atoms with van der Waals surface area (Å²) in [6.07, 6.45) is 1.36. The van der Waals surface area contributed by atoms with Crippen molar-refractivity contribution < 1.29 is 42.1 Å². The van der Waals surface area contributed by atoms with Gasteiger partial charge in [-0.2, -0.15) is 13.2 Å². The van der Waals surface area contributed by atoms with Gasteiger partial charge in [0.1, 0.15) is 0 Å². The molecule has 0 aromatic heterocycles. The van der Waals surface area contributed by atoms with Crippen LogP contribution in [0.1, 0.15) is 186 Å². The molecule has 6 nitrogen and oxygen atoms in total. The predicted octanol–water partition coefficient (Wildman–Crippen LogP) is 13.1. The third-order valence-electron chi connectivity index (χ3n) is 10.0. The van der Waals surface area contributed by atoms with E-state index in [1.54, 1.807) is 34.6 Å². The molecule has 1 N–H and O–H groups in total. The first-order valence-electron chi connectivity index (χ1n) is 19.3. The molecule has 0 saturated heterocycles. The van der Waals surface area contributed by atoms with E-state index in [4.69, 9.17) is 9.84 Å². The van der Waals surface area contributed by atoms with Crippen LogP contribution in [0.3, 0.4) is 0 Å². The van der Waals surface area contributed by atoms with Crippen molar-refractivity contribution in [3.63, 3.8) is 0 Å². The monoisotopic (exact) mass is 747 g/mol. The van der Waals surface area contributed by atoms with E-state index in [1.807, 2.05) is 27.7 Å². The van der Waals surface area contributed by atoms with Crippen molar-refractivity contribution in [2.24, 2.45) is 22.2 Å². The number of carboxylic acid groups (broad SMARTS) is 1. The zero-order valence-corrected chi connectivity index (χ0v) is 36.0. The van der Waals surface area contributed by atoms with E-state index in [-0.39, 0.29) is 16.8 Å². The maximum absolute atomic E-state index is 12.0. The molecular weight excluding hydrogens is 669 g/mol. The highest BCUT2D eigenvalue weighted by Gasteiger charge is 2.41. The summed E-state index contributed by atoms with van der Waals surface area (Å²) in [7, 11) is 0. The molecule has 0 radical (unpaired) electrons. The number of alkyl halides is 3. The Bertz CT molecular complexity index is 1130. The van der Waals surface area contributed by atoms with E-state index >= 15 is 0 Å². The SMILES string of the molecule is CCC(C)(C)C(=O)O.CCC(C)(C)C(=O)OC(C)C(F)(F)F.CCC(C)c1ccc(C(C)(C)C)cc1.CCCCC(CC)COC(=O)C(C)(C)CC. The molecule has 0 heterocycles. The molecule has 1 rings (SSSR count). The number of esters is 2. The molecule has 306 valence electrons. The summed E-state index contributed by atoms with van der Waals surface area (Å²) >= 11 is 0. The van der Waals surface area contributed by atoms with Crippen LogP contribution in [-0.4, -0.2) is 41.9 Å². The van der Waals surface area contributed by atoms with Crippen LogP contribution in [0.5, 0.6) is 0 Å². The number of carboxylic acids is 1. The average molecular weight is 747 g/mol. The van der Waals surface area contributed by atoms with Gasteiger partial charge in [-0.1, -0.05) is 113 Å². The van der Waals surface area contributed by atoms with Gasteiger partial charge < -0.3 is 14.6 Å². The van der Waals surface area contributed by atoms with Crippen LogP contribution in [0, 0.1) is 22.2 Å². The second-order valence-electron chi connectivity index (χ2n) is 16.8. The van der Waals surface area contributed by atoms with E-state index in [1.165, 1.54) is 36.8 Å². The van der Waals surface area contributed by atoms with Crippen molar-refractivity contribution in [2.75, 3.05) is 6.61 Å².